The Kier molecular flexibility index (Phi) is 11.6. The van der Waals surface area contributed by atoms with E-state index < -0.39 is 62.5 Å². The van der Waals surface area contributed by atoms with E-state index in [1.807, 2.05) is 42.7 Å². The van der Waals surface area contributed by atoms with Crippen molar-refractivity contribution in [3.05, 3.63) is 77.1 Å². The van der Waals surface area contributed by atoms with Crippen LogP contribution in [0.5, 0.6) is 11.5 Å². The molecule has 2 saturated carbocycles. The molecule has 3 fully saturated rings. The number of allylic oxidation sites excluding steroid dienone is 1. The summed E-state index contributed by atoms with van der Waals surface area (Å²) in [5.74, 6) is -1.15. The molecule has 13 nitrogen and oxygen atoms in total. The highest BCUT2D eigenvalue weighted by Crippen LogP contribution is 2.46. The lowest BCUT2D eigenvalue weighted by molar-refractivity contribution is -0.140. The van der Waals surface area contributed by atoms with Crippen molar-refractivity contribution >= 4 is 55.7 Å². The molecule has 0 bridgehead atoms. The van der Waals surface area contributed by atoms with Crippen molar-refractivity contribution in [3.63, 3.8) is 0 Å². The molecule has 2 aromatic carbocycles. The third kappa shape index (κ3) is 8.58. The SMILES string of the molecule is COc1ccc2c(O[C@@H]3C[C@H]4C(=O)N[C@]5(C(=O)NS(=O)(=O)C6CC6)C[C@H]5/C=C\CCCCC[C@H](Nc5ccc(F)cc5)C(=O)N4C3)cc(-c3nc(C(C)C)cs3)nc2c1C. The van der Waals surface area contributed by atoms with Gasteiger partial charge in [-0.2, -0.15) is 0 Å². The second-order valence-corrected chi connectivity index (χ2v) is 19.5. The largest absolute Gasteiger partial charge is 0.496 e. The molecule has 4 aromatic rings. The number of hydrogen-bond acceptors (Lipinski definition) is 11. The normalized spacial score (nSPS) is 25.4. The van der Waals surface area contributed by atoms with Gasteiger partial charge in [0.25, 0.3) is 5.91 Å². The van der Waals surface area contributed by atoms with E-state index in [0.717, 1.165) is 35.5 Å². The maximum Gasteiger partial charge on any atom is 0.259 e. The third-order valence-electron chi connectivity index (χ3n) is 12.0. The lowest BCUT2D eigenvalue weighted by Gasteiger charge is -2.30. The number of hydrogen-bond donors (Lipinski definition) is 3. The summed E-state index contributed by atoms with van der Waals surface area (Å²) in [4.78, 5) is 54.7. The van der Waals surface area contributed by atoms with Crippen LogP contribution in [0, 0.1) is 18.7 Å². The molecule has 318 valence electrons. The predicted molar refractivity (Wildman–Crippen MR) is 228 cm³/mol. The topological polar surface area (TPSA) is 169 Å². The van der Waals surface area contributed by atoms with Crippen molar-refractivity contribution in [1.82, 2.24) is 24.9 Å². The number of pyridine rings is 1. The van der Waals surface area contributed by atoms with Gasteiger partial charge >= 0.3 is 0 Å². The molecule has 4 heterocycles. The molecule has 1 saturated heterocycles. The lowest BCUT2D eigenvalue weighted by atomic mass is 10.0. The van der Waals surface area contributed by atoms with Gasteiger partial charge in [-0.1, -0.05) is 38.8 Å². The highest BCUT2D eigenvalue weighted by molar-refractivity contribution is 7.91. The molecule has 8 rings (SSSR count). The van der Waals surface area contributed by atoms with Gasteiger partial charge in [0.2, 0.25) is 21.8 Å². The van der Waals surface area contributed by atoms with Gasteiger partial charge < -0.3 is 25.0 Å². The number of benzene rings is 2. The number of thiazole rings is 1. The summed E-state index contributed by atoms with van der Waals surface area (Å²) in [6.07, 6.45) is 7.99. The Morgan fingerprint density at radius 1 is 1.05 bits per heavy atom. The quantitative estimate of drug-likeness (QED) is 0.145. The Balaban J connectivity index is 1.15. The Morgan fingerprint density at radius 3 is 2.55 bits per heavy atom. The van der Waals surface area contributed by atoms with Gasteiger partial charge in [-0.15, -0.1) is 11.3 Å². The minimum atomic E-state index is -3.90. The molecule has 3 N–H and O–H groups in total. The van der Waals surface area contributed by atoms with Crippen LogP contribution < -0.4 is 24.8 Å². The van der Waals surface area contributed by atoms with Gasteiger partial charge in [0.05, 0.1) is 30.1 Å². The molecular formula is C44H51FN6O7S2. The lowest BCUT2D eigenvalue weighted by Crippen LogP contribution is -2.57. The van der Waals surface area contributed by atoms with E-state index in [2.05, 4.69) is 29.2 Å². The number of fused-ring (bicyclic) bond motifs is 3. The fourth-order valence-corrected chi connectivity index (χ4v) is 10.6. The predicted octanol–water partition coefficient (Wildman–Crippen LogP) is 6.77. The molecule has 2 aliphatic carbocycles. The van der Waals surface area contributed by atoms with Crippen LogP contribution in [0.2, 0.25) is 0 Å². The van der Waals surface area contributed by atoms with Crippen molar-refractivity contribution in [1.29, 1.82) is 0 Å². The van der Waals surface area contributed by atoms with Crippen LogP contribution in [0.25, 0.3) is 21.6 Å². The molecule has 60 heavy (non-hydrogen) atoms. The van der Waals surface area contributed by atoms with Gasteiger partial charge in [-0.05, 0) is 87.8 Å². The average Bonchev–Trinajstić information content (AvgIpc) is 4.10. The van der Waals surface area contributed by atoms with E-state index >= 15 is 0 Å². The second-order valence-electron chi connectivity index (χ2n) is 16.7. The molecule has 3 amide bonds. The van der Waals surface area contributed by atoms with E-state index in [-0.39, 0.29) is 31.2 Å². The molecule has 4 aliphatic rings. The number of ether oxygens (including phenoxy) is 2. The van der Waals surface area contributed by atoms with Gasteiger partial charge in [0.15, 0.2) is 0 Å². The van der Waals surface area contributed by atoms with Gasteiger partial charge in [-0.3, -0.25) is 19.1 Å². The summed E-state index contributed by atoms with van der Waals surface area (Å²) in [6, 6.07) is 9.53. The molecule has 16 heteroatoms. The summed E-state index contributed by atoms with van der Waals surface area (Å²) in [6.45, 7) is 6.12. The number of amides is 3. The summed E-state index contributed by atoms with van der Waals surface area (Å²) in [5, 5.41) is 9.08. The molecular weight excluding hydrogens is 808 g/mol. The summed E-state index contributed by atoms with van der Waals surface area (Å²) < 4.78 is 54.6. The number of carbonyl (C=O) groups is 3. The molecule has 0 radical (unpaired) electrons. The molecule has 0 unspecified atom stereocenters. The van der Waals surface area contributed by atoms with E-state index in [1.54, 1.807) is 19.2 Å². The van der Waals surface area contributed by atoms with E-state index in [1.165, 1.54) is 28.4 Å². The minimum absolute atomic E-state index is 0.0418. The summed E-state index contributed by atoms with van der Waals surface area (Å²) in [5.41, 5.74) is 2.09. The van der Waals surface area contributed by atoms with Crippen LogP contribution in [-0.4, -0.2) is 83.6 Å². The second kappa shape index (κ2) is 16.8. The fourth-order valence-electron chi connectivity index (χ4n) is 8.25. The van der Waals surface area contributed by atoms with Gasteiger partial charge in [-0.25, -0.2) is 22.8 Å². The third-order valence-corrected chi connectivity index (χ3v) is 14.7. The first-order valence-electron chi connectivity index (χ1n) is 20.7. The fraction of sp³-hybridized carbons (Fsp3) is 0.477. The van der Waals surface area contributed by atoms with E-state index in [4.69, 9.17) is 19.4 Å². The average molecular weight is 859 g/mol. The maximum atomic E-state index is 14.8. The Hall–Kier alpha value is -5.09. The number of sulfonamides is 1. The zero-order chi connectivity index (χ0) is 42.3. The molecule has 2 aromatic heterocycles. The van der Waals surface area contributed by atoms with Crippen molar-refractivity contribution in [2.24, 2.45) is 5.92 Å². The Labute approximate surface area is 353 Å². The van der Waals surface area contributed by atoms with Crippen molar-refractivity contribution in [3.8, 4) is 22.2 Å². The van der Waals surface area contributed by atoms with Crippen LogP contribution in [0.4, 0.5) is 10.1 Å². The van der Waals surface area contributed by atoms with E-state index in [0.29, 0.717) is 59.5 Å². The summed E-state index contributed by atoms with van der Waals surface area (Å²) in [7, 11) is -2.30. The first-order valence-corrected chi connectivity index (χ1v) is 23.2. The highest BCUT2D eigenvalue weighted by Gasteiger charge is 2.62. The number of carbonyl (C=O) groups excluding carboxylic acids is 3. The van der Waals surface area contributed by atoms with Crippen LogP contribution in [0.1, 0.15) is 88.8 Å². The maximum absolute atomic E-state index is 14.8. The Bertz CT molecular complexity index is 2440. The van der Waals surface area contributed by atoms with Crippen LogP contribution in [-0.2, 0) is 24.4 Å². The zero-order valence-corrected chi connectivity index (χ0v) is 35.8. The standard InChI is InChI=1S/C44H51FN6O7S2/c1-25(2)35-24-59-41(48-35)34-21-38(32-18-19-37(57-4)26(3)39(32)47-34)58-30-20-36-40(52)49-44(43(54)50-60(55,56)31-16-17-31)22-27(44)10-8-6-5-7-9-11-33(42(53)51(36)23-30)46-29-14-12-28(45)13-15-29/h8,10,12-15,18-19,21,24-25,27,30-31,33,36,46H,5-7,9,11,16-17,20,22-23H2,1-4H3,(H,49,52)(H,50,54)/b10-8-/t27-,30-,33+,36+,44-/m1/s1. The number of aryl methyl sites for hydroxylation is 1. The number of nitrogens with one attached hydrogen (secondary N) is 3. The van der Waals surface area contributed by atoms with Crippen LogP contribution in [0.15, 0.2) is 60.0 Å². The highest BCUT2D eigenvalue weighted by atomic mass is 32.2. The van der Waals surface area contributed by atoms with E-state index in [9.17, 15) is 27.2 Å². The number of halogens is 1. The van der Waals surface area contributed by atoms with Gasteiger partial charge in [0, 0.05) is 40.4 Å². The first-order chi connectivity index (χ1) is 28.8. The van der Waals surface area contributed by atoms with Crippen LogP contribution in [0.3, 0.4) is 0 Å². The monoisotopic (exact) mass is 858 g/mol. The number of methoxy groups -OCH3 is 1. The number of nitrogens with zero attached hydrogens (tertiary/aromatic N) is 3. The number of anilines is 1. The minimum Gasteiger partial charge on any atom is -0.496 e. The molecule has 0 spiro atoms. The first kappa shape index (κ1) is 41.6. The van der Waals surface area contributed by atoms with Crippen molar-refractivity contribution in [2.45, 2.75) is 113 Å². The van der Waals surface area contributed by atoms with Crippen LogP contribution >= 0.6 is 11.3 Å². The zero-order valence-electron chi connectivity index (χ0n) is 34.2. The van der Waals surface area contributed by atoms with Crippen molar-refractivity contribution < 1.29 is 36.7 Å². The Morgan fingerprint density at radius 2 is 1.83 bits per heavy atom. The molecule has 2 aliphatic heterocycles. The smallest absolute Gasteiger partial charge is 0.259 e. The summed E-state index contributed by atoms with van der Waals surface area (Å²) >= 11 is 1.49. The molecule has 5 atom stereocenters. The number of rotatable bonds is 10. The van der Waals surface area contributed by atoms with Crippen molar-refractivity contribution in [2.75, 3.05) is 19.0 Å². The van der Waals surface area contributed by atoms with Gasteiger partial charge in [0.1, 0.15) is 51.7 Å². The number of aromatic nitrogens is 2.